The van der Waals surface area contributed by atoms with Gasteiger partial charge in [-0.15, -0.1) is 0 Å². The van der Waals surface area contributed by atoms with E-state index in [-0.39, 0.29) is 11.8 Å². The highest BCUT2D eigenvalue weighted by molar-refractivity contribution is 6.03. The number of para-hydroxylation sites is 1. The van der Waals surface area contributed by atoms with Crippen LogP contribution in [-0.2, 0) is 24.2 Å². The van der Waals surface area contributed by atoms with Crippen LogP contribution >= 0.6 is 0 Å². The lowest BCUT2D eigenvalue weighted by molar-refractivity contribution is -0.907. The minimum Gasteiger partial charge on any atom is -0.352 e. The van der Waals surface area contributed by atoms with Crippen LogP contribution in [0.3, 0.4) is 0 Å². The van der Waals surface area contributed by atoms with Crippen molar-refractivity contribution in [2.75, 3.05) is 25.0 Å². The van der Waals surface area contributed by atoms with Crippen LogP contribution in [0.1, 0.15) is 27.0 Å². The zero-order valence-electron chi connectivity index (χ0n) is 17.6. The van der Waals surface area contributed by atoms with Crippen LogP contribution < -0.4 is 15.5 Å². The molecular weight excluding hydrogens is 386 g/mol. The molecule has 4 rings (SSSR count). The highest BCUT2D eigenvalue weighted by Crippen LogP contribution is 2.15. The molecule has 1 heterocycles. The van der Waals surface area contributed by atoms with Crippen molar-refractivity contribution in [3.8, 4) is 0 Å². The fourth-order valence-electron chi connectivity index (χ4n) is 4.07. The van der Waals surface area contributed by atoms with Crippen molar-refractivity contribution >= 4 is 17.5 Å². The maximum atomic E-state index is 12.7. The molecule has 3 aromatic rings. The molecule has 0 saturated heterocycles. The highest BCUT2D eigenvalue weighted by Gasteiger charge is 2.22. The molecule has 5 heteroatoms. The van der Waals surface area contributed by atoms with Gasteiger partial charge in [0.25, 0.3) is 11.8 Å². The summed E-state index contributed by atoms with van der Waals surface area (Å²) in [5.74, 6) is -0.245. The SMILES string of the molecule is O=C(C[NH+]1CCc2ccccc2C1)Nc1ccccc1C(=O)NCCc1ccccc1. The first-order valence-electron chi connectivity index (χ1n) is 10.8. The summed E-state index contributed by atoms with van der Waals surface area (Å²) in [6, 6.07) is 25.6. The van der Waals surface area contributed by atoms with Crippen LogP contribution in [0.2, 0.25) is 0 Å². The number of nitrogens with one attached hydrogen (secondary N) is 3. The van der Waals surface area contributed by atoms with Crippen molar-refractivity contribution in [2.24, 2.45) is 0 Å². The van der Waals surface area contributed by atoms with Crippen LogP contribution in [0.25, 0.3) is 0 Å². The third kappa shape index (κ3) is 5.58. The second-order valence-electron chi connectivity index (χ2n) is 7.96. The Kier molecular flexibility index (Phi) is 6.75. The first-order chi connectivity index (χ1) is 15.2. The van der Waals surface area contributed by atoms with E-state index < -0.39 is 0 Å². The number of benzene rings is 3. The lowest BCUT2D eigenvalue weighted by Gasteiger charge is -2.25. The fraction of sp³-hybridized carbons (Fsp3) is 0.231. The summed E-state index contributed by atoms with van der Waals surface area (Å²) in [5.41, 5.74) is 4.92. The summed E-state index contributed by atoms with van der Waals surface area (Å²) in [6.45, 7) is 2.72. The number of fused-ring (bicyclic) bond motifs is 1. The van der Waals surface area contributed by atoms with E-state index in [2.05, 4.69) is 34.9 Å². The third-order valence-corrected chi connectivity index (χ3v) is 5.71. The minimum absolute atomic E-state index is 0.0704. The van der Waals surface area contributed by atoms with Crippen molar-refractivity contribution in [1.29, 1.82) is 0 Å². The Hall–Kier alpha value is -3.44. The average Bonchev–Trinajstić information content (AvgIpc) is 2.80. The van der Waals surface area contributed by atoms with Crippen LogP contribution in [0.4, 0.5) is 5.69 Å². The van der Waals surface area contributed by atoms with Crippen LogP contribution in [-0.4, -0.2) is 31.4 Å². The second kappa shape index (κ2) is 10.0. The van der Waals surface area contributed by atoms with E-state index in [1.165, 1.54) is 21.6 Å². The molecule has 3 aromatic carbocycles. The molecule has 0 spiro atoms. The number of rotatable bonds is 7. The van der Waals surface area contributed by atoms with Crippen molar-refractivity contribution in [1.82, 2.24) is 5.32 Å². The highest BCUT2D eigenvalue weighted by atomic mass is 16.2. The van der Waals surface area contributed by atoms with Gasteiger partial charge in [-0.1, -0.05) is 66.7 Å². The van der Waals surface area contributed by atoms with Gasteiger partial charge in [-0.2, -0.15) is 0 Å². The Morgan fingerprint density at radius 2 is 1.55 bits per heavy atom. The molecule has 0 aromatic heterocycles. The van der Waals surface area contributed by atoms with Gasteiger partial charge in [0.2, 0.25) is 0 Å². The normalized spacial score (nSPS) is 15.0. The van der Waals surface area contributed by atoms with Gasteiger partial charge in [-0.3, -0.25) is 9.59 Å². The van der Waals surface area contributed by atoms with Gasteiger partial charge in [0.15, 0.2) is 6.54 Å². The van der Waals surface area contributed by atoms with E-state index in [1.807, 2.05) is 42.5 Å². The van der Waals surface area contributed by atoms with E-state index in [1.54, 1.807) is 12.1 Å². The van der Waals surface area contributed by atoms with Gasteiger partial charge >= 0.3 is 0 Å². The summed E-state index contributed by atoms with van der Waals surface area (Å²) in [4.78, 5) is 26.6. The maximum absolute atomic E-state index is 12.7. The first-order valence-corrected chi connectivity index (χ1v) is 10.8. The van der Waals surface area contributed by atoms with E-state index in [4.69, 9.17) is 0 Å². The Morgan fingerprint density at radius 3 is 2.39 bits per heavy atom. The van der Waals surface area contributed by atoms with Gasteiger partial charge in [-0.05, 0) is 29.7 Å². The first kappa shape index (κ1) is 20.8. The predicted octanol–water partition coefficient (Wildman–Crippen LogP) is 2.24. The molecular formula is C26H28N3O2+. The molecule has 0 radical (unpaired) electrons. The fourth-order valence-corrected chi connectivity index (χ4v) is 4.07. The number of hydrogen-bond donors (Lipinski definition) is 3. The number of quaternary nitrogens is 1. The van der Waals surface area contributed by atoms with Crippen molar-refractivity contribution in [2.45, 2.75) is 19.4 Å². The van der Waals surface area contributed by atoms with Gasteiger partial charge in [0.05, 0.1) is 17.8 Å². The van der Waals surface area contributed by atoms with Gasteiger partial charge in [-0.25, -0.2) is 0 Å². The molecule has 0 aliphatic carbocycles. The van der Waals surface area contributed by atoms with Crippen LogP contribution in [0.15, 0.2) is 78.9 Å². The van der Waals surface area contributed by atoms with Crippen molar-refractivity contribution in [3.63, 3.8) is 0 Å². The molecule has 158 valence electrons. The molecule has 1 atom stereocenters. The molecule has 5 nitrogen and oxygen atoms in total. The number of carbonyl (C=O) groups excluding carboxylic acids is 2. The third-order valence-electron chi connectivity index (χ3n) is 5.71. The van der Waals surface area contributed by atoms with E-state index in [0.717, 1.165) is 25.9 Å². The van der Waals surface area contributed by atoms with Crippen molar-refractivity contribution in [3.05, 3.63) is 101 Å². The van der Waals surface area contributed by atoms with Gasteiger partial charge < -0.3 is 15.5 Å². The predicted molar refractivity (Wildman–Crippen MR) is 122 cm³/mol. The summed E-state index contributed by atoms with van der Waals surface area (Å²) in [7, 11) is 0. The van der Waals surface area contributed by atoms with Crippen LogP contribution in [0, 0.1) is 0 Å². The Morgan fingerprint density at radius 1 is 0.839 bits per heavy atom. The largest absolute Gasteiger partial charge is 0.352 e. The smallest absolute Gasteiger partial charge is 0.279 e. The lowest BCUT2D eigenvalue weighted by atomic mass is 10.00. The molecule has 0 fully saturated rings. The monoisotopic (exact) mass is 414 g/mol. The molecule has 0 saturated carbocycles. The Labute approximate surface area is 183 Å². The summed E-state index contributed by atoms with van der Waals surface area (Å²) < 4.78 is 0. The topological polar surface area (TPSA) is 62.6 Å². The number of hydrogen-bond acceptors (Lipinski definition) is 2. The quantitative estimate of drug-likeness (QED) is 0.555. The summed E-state index contributed by atoms with van der Waals surface area (Å²) in [5, 5.41) is 5.91. The Bertz CT molecular complexity index is 1050. The maximum Gasteiger partial charge on any atom is 0.279 e. The number of amides is 2. The van der Waals surface area contributed by atoms with Gasteiger partial charge in [0, 0.05) is 18.5 Å². The second-order valence-corrected chi connectivity index (χ2v) is 7.96. The average molecular weight is 415 g/mol. The molecule has 1 unspecified atom stereocenters. The Balaban J connectivity index is 1.32. The number of carbonyl (C=O) groups is 2. The minimum atomic E-state index is -0.175. The molecule has 0 bridgehead atoms. The van der Waals surface area contributed by atoms with Crippen molar-refractivity contribution < 1.29 is 14.5 Å². The zero-order chi connectivity index (χ0) is 21.5. The molecule has 3 N–H and O–H groups in total. The summed E-state index contributed by atoms with van der Waals surface area (Å²) >= 11 is 0. The van der Waals surface area contributed by atoms with Gasteiger partial charge in [0.1, 0.15) is 6.54 Å². The molecule has 31 heavy (non-hydrogen) atoms. The molecule has 1 aliphatic rings. The summed E-state index contributed by atoms with van der Waals surface area (Å²) in [6.07, 6.45) is 1.75. The number of anilines is 1. The standard InChI is InChI=1S/C26H27N3O2/c30-25(19-29-17-15-21-10-4-5-11-22(21)18-29)28-24-13-7-6-12-23(24)26(31)27-16-14-20-8-2-1-3-9-20/h1-13H,14-19H2,(H,27,31)(H,28,30)/p+1. The van der Waals surface area contributed by atoms with E-state index in [0.29, 0.717) is 24.3 Å². The van der Waals surface area contributed by atoms with Crippen LogP contribution in [0.5, 0.6) is 0 Å². The zero-order valence-corrected chi connectivity index (χ0v) is 17.6. The lowest BCUT2D eigenvalue weighted by Crippen LogP contribution is -3.12. The van der Waals surface area contributed by atoms with E-state index >= 15 is 0 Å². The molecule has 2 amide bonds. The van der Waals surface area contributed by atoms with E-state index in [9.17, 15) is 9.59 Å². The molecule has 1 aliphatic heterocycles.